The van der Waals surface area contributed by atoms with Gasteiger partial charge in [-0.25, -0.2) is 4.98 Å². The van der Waals surface area contributed by atoms with Crippen LogP contribution in [-0.2, 0) is 0 Å². The van der Waals surface area contributed by atoms with Crippen LogP contribution in [-0.4, -0.2) is 9.38 Å². The van der Waals surface area contributed by atoms with Gasteiger partial charge in [-0.15, -0.1) is 11.3 Å². The number of furan rings is 1. The first-order valence-corrected chi connectivity index (χ1v) is 6.60. The predicted molar refractivity (Wildman–Crippen MR) is 73.0 cm³/mol. The lowest BCUT2D eigenvalue weighted by Crippen LogP contribution is -1.80. The van der Waals surface area contributed by atoms with E-state index in [0.29, 0.717) is 0 Å². The Bertz CT molecular complexity index is 853. The molecule has 0 aromatic carbocycles. The van der Waals surface area contributed by atoms with Gasteiger partial charge in [0, 0.05) is 22.8 Å². The number of nitrogens with zero attached hydrogens (tertiary/aromatic N) is 2. The number of rotatable bonds is 1. The highest BCUT2D eigenvalue weighted by Gasteiger charge is 2.10. The number of fused-ring (bicyclic) bond motifs is 3. The van der Waals surface area contributed by atoms with Crippen LogP contribution < -0.4 is 0 Å². The average Bonchev–Trinajstić information content (AvgIpc) is 3.04. The van der Waals surface area contributed by atoms with E-state index in [0.717, 1.165) is 22.3 Å². The topological polar surface area (TPSA) is 30.4 Å². The number of hydrogen-bond acceptors (Lipinski definition) is 3. The van der Waals surface area contributed by atoms with E-state index in [1.807, 2.05) is 22.7 Å². The summed E-state index contributed by atoms with van der Waals surface area (Å²) in [6.45, 7) is 2.12. The van der Waals surface area contributed by atoms with Crippen molar-refractivity contribution in [3.05, 3.63) is 47.1 Å². The SMILES string of the molecule is Cc1sccc1-c1cn2ccc3occc3c2n1. The molecule has 0 aliphatic rings. The maximum Gasteiger partial charge on any atom is 0.148 e. The number of imidazole rings is 1. The maximum absolute atomic E-state index is 5.40. The minimum atomic E-state index is 0.877. The maximum atomic E-state index is 5.40. The highest BCUT2D eigenvalue weighted by Crippen LogP contribution is 2.29. The van der Waals surface area contributed by atoms with Crippen molar-refractivity contribution in [2.75, 3.05) is 0 Å². The van der Waals surface area contributed by atoms with E-state index in [2.05, 4.69) is 24.6 Å². The molecule has 0 aliphatic heterocycles. The molecule has 4 aromatic heterocycles. The van der Waals surface area contributed by atoms with Gasteiger partial charge in [0.25, 0.3) is 0 Å². The van der Waals surface area contributed by atoms with E-state index in [-0.39, 0.29) is 0 Å². The van der Waals surface area contributed by atoms with E-state index >= 15 is 0 Å². The molecule has 18 heavy (non-hydrogen) atoms. The van der Waals surface area contributed by atoms with Crippen molar-refractivity contribution >= 4 is 28.0 Å². The summed E-state index contributed by atoms with van der Waals surface area (Å²) in [6, 6.07) is 6.05. The summed E-state index contributed by atoms with van der Waals surface area (Å²) in [5, 5.41) is 3.15. The summed E-state index contributed by atoms with van der Waals surface area (Å²) in [5.74, 6) is 0. The Hall–Kier alpha value is -2.07. The van der Waals surface area contributed by atoms with Crippen LogP contribution in [0, 0.1) is 6.92 Å². The minimum absolute atomic E-state index is 0.877. The standard InChI is InChI=1S/C14H10N2OS/c1-9-10(4-7-18-9)12-8-16-5-2-13-11(3-6-17-13)14(16)15-12/h2-8H,1H3. The second kappa shape index (κ2) is 3.46. The molecule has 0 atom stereocenters. The van der Waals surface area contributed by atoms with E-state index in [9.17, 15) is 0 Å². The minimum Gasteiger partial charge on any atom is -0.464 e. The number of hydrogen-bond donors (Lipinski definition) is 0. The number of thiophene rings is 1. The summed E-state index contributed by atoms with van der Waals surface area (Å²) >= 11 is 1.75. The second-order valence-electron chi connectivity index (χ2n) is 4.26. The Morgan fingerprint density at radius 1 is 1.28 bits per heavy atom. The molecule has 4 heteroatoms. The van der Waals surface area contributed by atoms with Crippen molar-refractivity contribution in [1.29, 1.82) is 0 Å². The molecule has 4 rings (SSSR count). The molecule has 0 saturated heterocycles. The number of aryl methyl sites for hydroxylation is 1. The first kappa shape index (κ1) is 9.91. The van der Waals surface area contributed by atoms with E-state index in [4.69, 9.17) is 9.40 Å². The Balaban J connectivity index is 2.07. The number of pyridine rings is 1. The van der Waals surface area contributed by atoms with Crippen molar-refractivity contribution in [3.63, 3.8) is 0 Å². The fraction of sp³-hybridized carbons (Fsp3) is 0.0714. The molecule has 0 aliphatic carbocycles. The highest BCUT2D eigenvalue weighted by molar-refractivity contribution is 7.10. The van der Waals surface area contributed by atoms with Gasteiger partial charge in [0.2, 0.25) is 0 Å². The molecule has 0 fully saturated rings. The molecule has 0 unspecified atom stereocenters. The average molecular weight is 254 g/mol. The third-order valence-electron chi connectivity index (χ3n) is 3.19. The third-order valence-corrected chi connectivity index (χ3v) is 4.04. The van der Waals surface area contributed by atoms with Crippen LogP contribution in [0.5, 0.6) is 0 Å². The van der Waals surface area contributed by atoms with Crippen molar-refractivity contribution in [1.82, 2.24) is 9.38 Å². The van der Waals surface area contributed by atoms with Gasteiger partial charge in [-0.2, -0.15) is 0 Å². The van der Waals surface area contributed by atoms with Gasteiger partial charge in [-0.1, -0.05) is 0 Å². The molecule has 3 nitrogen and oxygen atoms in total. The largest absolute Gasteiger partial charge is 0.464 e. The smallest absolute Gasteiger partial charge is 0.148 e. The molecule has 0 N–H and O–H groups in total. The molecule has 0 spiro atoms. The van der Waals surface area contributed by atoms with Crippen LogP contribution >= 0.6 is 11.3 Å². The normalized spacial score (nSPS) is 11.6. The van der Waals surface area contributed by atoms with Gasteiger partial charge in [-0.3, -0.25) is 0 Å². The molecule has 0 saturated carbocycles. The summed E-state index contributed by atoms with van der Waals surface area (Å²) in [5.41, 5.74) is 4.05. The Kier molecular flexibility index (Phi) is 1.91. The number of aromatic nitrogens is 2. The van der Waals surface area contributed by atoms with Crippen LogP contribution in [0.15, 0.2) is 46.7 Å². The fourth-order valence-electron chi connectivity index (χ4n) is 2.27. The van der Waals surface area contributed by atoms with Crippen LogP contribution in [0.2, 0.25) is 0 Å². The molecule has 0 bridgehead atoms. The third kappa shape index (κ3) is 1.26. The van der Waals surface area contributed by atoms with Crippen molar-refractivity contribution in [3.8, 4) is 11.3 Å². The first-order valence-electron chi connectivity index (χ1n) is 5.72. The first-order chi connectivity index (χ1) is 8.83. The Morgan fingerprint density at radius 2 is 2.22 bits per heavy atom. The summed E-state index contributed by atoms with van der Waals surface area (Å²) in [6.07, 6.45) is 5.76. The molecular formula is C14H10N2OS. The van der Waals surface area contributed by atoms with Crippen LogP contribution in [0.4, 0.5) is 0 Å². The van der Waals surface area contributed by atoms with Crippen molar-refractivity contribution < 1.29 is 4.42 Å². The van der Waals surface area contributed by atoms with Crippen molar-refractivity contribution in [2.45, 2.75) is 6.92 Å². The van der Waals surface area contributed by atoms with Gasteiger partial charge in [0.15, 0.2) is 0 Å². The highest BCUT2D eigenvalue weighted by atomic mass is 32.1. The summed E-state index contributed by atoms with van der Waals surface area (Å²) in [7, 11) is 0. The molecular weight excluding hydrogens is 244 g/mol. The van der Waals surface area contributed by atoms with Crippen LogP contribution in [0.3, 0.4) is 0 Å². The molecule has 88 valence electrons. The molecule has 4 heterocycles. The van der Waals surface area contributed by atoms with Gasteiger partial charge >= 0.3 is 0 Å². The zero-order chi connectivity index (χ0) is 12.1. The zero-order valence-electron chi connectivity index (χ0n) is 9.75. The van der Waals surface area contributed by atoms with E-state index in [1.54, 1.807) is 17.6 Å². The monoisotopic (exact) mass is 254 g/mol. The fourth-order valence-corrected chi connectivity index (χ4v) is 2.98. The zero-order valence-corrected chi connectivity index (χ0v) is 10.6. The Labute approximate surface area is 107 Å². The second-order valence-corrected chi connectivity index (χ2v) is 5.38. The van der Waals surface area contributed by atoms with Gasteiger partial charge in [-0.05, 0) is 30.5 Å². The summed E-state index contributed by atoms with van der Waals surface area (Å²) < 4.78 is 7.44. The van der Waals surface area contributed by atoms with Gasteiger partial charge in [0.1, 0.15) is 11.2 Å². The molecule has 0 radical (unpaired) electrons. The van der Waals surface area contributed by atoms with Gasteiger partial charge < -0.3 is 8.82 Å². The quantitative estimate of drug-likeness (QED) is 0.511. The van der Waals surface area contributed by atoms with Crippen LogP contribution in [0.25, 0.3) is 27.9 Å². The summed E-state index contributed by atoms with van der Waals surface area (Å²) in [4.78, 5) is 6.02. The predicted octanol–water partition coefficient (Wildman–Crippen LogP) is 4.12. The van der Waals surface area contributed by atoms with Crippen molar-refractivity contribution in [2.24, 2.45) is 0 Å². The van der Waals surface area contributed by atoms with Crippen LogP contribution in [0.1, 0.15) is 4.88 Å². The Morgan fingerprint density at radius 3 is 3.06 bits per heavy atom. The lowest BCUT2D eigenvalue weighted by molar-refractivity contribution is 0.615. The lowest BCUT2D eigenvalue weighted by atomic mass is 10.2. The molecule has 4 aromatic rings. The van der Waals surface area contributed by atoms with E-state index in [1.165, 1.54) is 10.4 Å². The molecule has 0 amide bonds. The van der Waals surface area contributed by atoms with Gasteiger partial charge in [0.05, 0.1) is 17.3 Å². The van der Waals surface area contributed by atoms with E-state index < -0.39 is 0 Å². The lowest BCUT2D eigenvalue weighted by Gasteiger charge is -1.91.